The highest BCUT2D eigenvalue weighted by Crippen LogP contribution is 2.25. The van der Waals surface area contributed by atoms with Crippen LogP contribution in [0.15, 0.2) is 54.9 Å². The molecule has 9 heteroatoms. The fourth-order valence-corrected chi connectivity index (χ4v) is 3.85. The molecule has 0 spiro atoms. The molecular weight excluding hydrogens is 432 g/mol. The molecule has 0 bridgehead atoms. The number of aliphatic hydroxyl groups excluding tert-OH is 2. The van der Waals surface area contributed by atoms with E-state index in [2.05, 4.69) is 19.9 Å². The van der Waals surface area contributed by atoms with Gasteiger partial charge in [-0.05, 0) is 36.4 Å². The van der Waals surface area contributed by atoms with Crippen molar-refractivity contribution in [3.8, 4) is 28.5 Å². The number of aromatic amines is 1. The minimum absolute atomic E-state index is 0.211. The van der Waals surface area contributed by atoms with E-state index in [1.165, 1.54) is 0 Å². The summed E-state index contributed by atoms with van der Waals surface area (Å²) in [6.45, 7) is 0.0834. The monoisotopic (exact) mass is 452 g/mol. The summed E-state index contributed by atoms with van der Waals surface area (Å²) in [5.41, 5.74) is 4.20. The molecule has 32 heavy (non-hydrogen) atoms. The Morgan fingerprint density at radius 3 is 2.66 bits per heavy atom. The molecule has 164 valence electrons. The van der Waals surface area contributed by atoms with E-state index in [1.807, 2.05) is 36.4 Å². The van der Waals surface area contributed by atoms with Crippen molar-refractivity contribution in [1.29, 1.82) is 0 Å². The number of halogens is 1. The van der Waals surface area contributed by atoms with Gasteiger partial charge in [-0.2, -0.15) is 0 Å². The maximum absolute atomic E-state index is 9.96. The summed E-state index contributed by atoms with van der Waals surface area (Å²) in [6, 6.07) is 13.0. The highest BCUT2D eigenvalue weighted by Gasteiger charge is 2.30. The second-order valence-electron chi connectivity index (χ2n) is 7.66. The van der Waals surface area contributed by atoms with Crippen molar-refractivity contribution in [2.45, 2.75) is 24.7 Å². The maximum Gasteiger partial charge on any atom is 0.213 e. The molecule has 4 heterocycles. The zero-order valence-corrected chi connectivity index (χ0v) is 17.7. The maximum atomic E-state index is 9.96. The molecule has 0 aliphatic carbocycles. The molecule has 1 aliphatic rings. The van der Waals surface area contributed by atoms with Gasteiger partial charge < -0.3 is 24.7 Å². The number of ether oxygens (including phenoxy) is 2. The van der Waals surface area contributed by atoms with Gasteiger partial charge in [-0.3, -0.25) is 4.98 Å². The first kappa shape index (κ1) is 20.8. The number of fused-ring (bicyclic) bond motifs is 1. The molecule has 3 atom stereocenters. The summed E-state index contributed by atoms with van der Waals surface area (Å²) >= 11 is 6.04. The number of aromatic nitrogens is 4. The average molecular weight is 453 g/mol. The van der Waals surface area contributed by atoms with Crippen LogP contribution in [0.1, 0.15) is 6.42 Å². The van der Waals surface area contributed by atoms with Crippen molar-refractivity contribution >= 4 is 22.6 Å². The van der Waals surface area contributed by atoms with Crippen molar-refractivity contribution in [2.24, 2.45) is 0 Å². The summed E-state index contributed by atoms with van der Waals surface area (Å²) in [7, 11) is 0. The van der Waals surface area contributed by atoms with E-state index in [9.17, 15) is 5.11 Å². The number of hydrogen-bond donors (Lipinski definition) is 3. The van der Waals surface area contributed by atoms with Crippen LogP contribution in [-0.4, -0.2) is 61.7 Å². The molecule has 1 saturated heterocycles. The molecule has 3 aromatic heterocycles. The lowest BCUT2D eigenvalue weighted by atomic mass is 10.0. The van der Waals surface area contributed by atoms with Gasteiger partial charge in [-0.25, -0.2) is 9.97 Å². The molecule has 0 amide bonds. The predicted octanol–water partition coefficient (Wildman–Crippen LogP) is 3.23. The summed E-state index contributed by atoms with van der Waals surface area (Å²) in [6.07, 6.45) is 2.20. The van der Waals surface area contributed by atoms with Gasteiger partial charge in [0.1, 0.15) is 18.0 Å². The number of nitrogens with one attached hydrogen (secondary N) is 1. The first-order valence-corrected chi connectivity index (χ1v) is 10.6. The van der Waals surface area contributed by atoms with Gasteiger partial charge >= 0.3 is 0 Å². The zero-order valence-electron chi connectivity index (χ0n) is 17.0. The fraction of sp³-hybridized carbons (Fsp3) is 0.261. The van der Waals surface area contributed by atoms with Gasteiger partial charge in [-0.15, -0.1) is 0 Å². The van der Waals surface area contributed by atoms with Crippen molar-refractivity contribution < 1.29 is 19.7 Å². The van der Waals surface area contributed by atoms with Crippen molar-refractivity contribution in [1.82, 2.24) is 19.9 Å². The van der Waals surface area contributed by atoms with E-state index in [0.717, 1.165) is 33.7 Å². The van der Waals surface area contributed by atoms with Crippen LogP contribution in [0.2, 0.25) is 5.02 Å². The number of benzene rings is 1. The van der Waals surface area contributed by atoms with Crippen molar-refractivity contribution in [3.05, 3.63) is 59.9 Å². The van der Waals surface area contributed by atoms with Crippen LogP contribution >= 0.6 is 11.6 Å². The smallest absolute Gasteiger partial charge is 0.213 e. The van der Waals surface area contributed by atoms with Crippen LogP contribution in [0.3, 0.4) is 0 Å². The minimum atomic E-state index is -0.760. The van der Waals surface area contributed by atoms with E-state index in [1.54, 1.807) is 18.5 Å². The number of imidazole rings is 1. The molecule has 1 fully saturated rings. The Morgan fingerprint density at radius 1 is 1.09 bits per heavy atom. The molecule has 3 N–H and O–H groups in total. The Balaban J connectivity index is 1.27. The first-order chi connectivity index (χ1) is 15.6. The molecular formula is C23H21ClN4O4. The molecule has 4 aromatic rings. The zero-order chi connectivity index (χ0) is 22.1. The van der Waals surface area contributed by atoms with Crippen LogP contribution in [0.4, 0.5) is 0 Å². The number of pyridine rings is 2. The summed E-state index contributed by atoms with van der Waals surface area (Å²) in [5, 5.41) is 19.8. The fourth-order valence-electron chi connectivity index (χ4n) is 3.68. The Bertz CT molecular complexity index is 1210. The number of rotatable bonds is 5. The highest BCUT2D eigenvalue weighted by atomic mass is 35.5. The van der Waals surface area contributed by atoms with E-state index in [0.29, 0.717) is 23.9 Å². The predicted molar refractivity (Wildman–Crippen MR) is 119 cm³/mol. The van der Waals surface area contributed by atoms with Gasteiger partial charge in [0.25, 0.3) is 0 Å². The van der Waals surface area contributed by atoms with E-state index in [4.69, 9.17) is 26.2 Å². The third kappa shape index (κ3) is 4.31. The Morgan fingerprint density at radius 2 is 1.94 bits per heavy atom. The quantitative estimate of drug-likeness (QED) is 0.426. The number of H-pyrrole nitrogens is 1. The van der Waals surface area contributed by atoms with E-state index in [-0.39, 0.29) is 12.7 Å². The molecule has 8 nitrogen and oxygen atoms in total. The van der Waals surface area contributed by atoms with Gasteiger partial charge in [-0.1, -0.05) is 11.6 Å². The number of nitrogens with zero attached hydrogens (tertiary/aromatic N) is 3. The standard InChI is InChI=1S/C23H21ClN4O4/c24-15-3-5-18-19(7-15)28-23(27-18)14-1-4-17(25-10-14)13-2-6-22(26-9-13)32-16-8-20(30)21(11-29)31-12-16/h1-7,9-10,16,20-21,29-30H,8,11-12H2,(H,27,28)/t16-,20+,21-/m0/s1. The van der Waals surface area contributed by atoms with Crippen LogP contribution in [0.5, 0.6) is 5.88 Å². The third-order valence-electron chi connectivity index (χ3n) is 5.41. The largest absolute Gasteiger partial charge is 0.472 e. The lowest BCUT2D eigenvalue weighted by Crippen LogP contribution is -2.45. The molecule has 0 radical (unpaired) electrons. The minimum Gasteiger partial charge on any atom is -0.472 e. The Kier molecular flexibility index (Phi) is 5.75. The molecule has 0 unspecified atom stereocenters. The summed E-state index contributed by atoms with van der Waals surface area (Å²) in [4.78, 5) is 16.7. The van der Waals surface area contributed by atoms with E-state index >= 15 is 0 Å². The lowest BCUT2D eigenvalue weighted by molar-refractivity contribution is -0.131. The van der Waals surface area contributed by atoms with Crippen LogP contribution in [0.25, 0.3) is 33.7 Å². The average Bonchev–Trinajstić information content (AvgIpc) is 3.23. The Labute approximate surface area is 188 Å². The lowest BCUT2D eigenvalue weighted by Gasteiger charge is -2.32. The molecule has 0 saturated carbocycles. The van der Waals surface area contributed by atoms with Gasteiger partial charge in [0, 0.05) is 41.0 Å². The molecule has 5 rings (SSSR count). The van der Waals surface area contributed by atoms with Crippen molar-refractivity contribution in [2.75, 3.05) is 13.2 Å². The van der Waals surface area contributed by atoms with Crippen LogP contribution < -0.4 is 4.74 Å². The van der Waals surface area contributed by atoms with Crippen molar-refractivity contribution in [3.63, 3.8) is 0 Å². The molecule has 1 aliphatic heterocycles. The first-order valence-electron chi connectivity index (χ1n) is 10.2. The third-order valence-corrected chi connectivity index (χ3v) is 5.65. The van der Waals surface area contributed by atoms with Gasteiger partial charge in [0.15, 0.2) is 0 Å². The normalized spacial score (nSPS) is 21.0. The second kappa shape index (κ2) is 8.84. The number of hydrogen-bond acceptors (Lipinski definition) is 7. The summed E-state index contributed by atoms with van der Waals surface area (Å²) in [5.74, 6) is 1.16. The van der Waals surface area contributed by atoms with Gasteiger partial charge in [0.2, 0.25) is 5.88 Å². The topological polar surface area (TPSA) is 113 Å². The Hall–Kier alpha value is -3.04. The van der Waals surface area contributed by atoms with E-state index < -0.39 is 12.2 Å². The van der Waals surface area contributed by atoms with Gasteiger partial charge in [0.05, 0.1) is 36.0 Å². The SMILES string of the molecule is OC[C@@H]1OC[C@@H](Oc2ccc(-c3ccc(-c4nc5cc(Cl)ccc5[nH]4)cn3)cn2)C[C@H]1O. The second-order valence-corrected chi connectivity index (χ2v) is 8.10. The van der Waals surface area contributed by atoms with Crippen LogP contribution in [-0.2, 0) is 4.74 Å². The molecule has 1 aromatic carbocycles. The summed E-state index contributed by atoms with van der Waals surface area (Å²) < 4.78 is 11.2. The van der Waals surface area contributed by atoms with Crippen LogP contribution in [0, 0.1) is 0 Å². The number of aliphatic hydroxyl groups is 2. The highest BCUT2D eigenvalue weighted by molar-refractivity contribution is 6.31.